The average molecular weight is 240 g/mol. The summed E-state index contributed by atoms with van der Waals surface area (Å²) in [4.78, 5) is 19.1. The number of carboxylic acid groups (broad SMARTS) is 1. The summed E-state index contributed by atoms with van der Waals surface area (Å²) in [5, 5.41) is 12.8. The molecule has 0 saturated carbocycles. The van der Waals surface area contributed by atoms with Crippen LogP contribution in [0.5, 0.6) is 0 Å². The number of carbonyl (C=O) groups is 1. The standard InChI is InChI=1S/C12H8N4O2/c17-12(18)10-3-6-16(15-10)8-1-2-9-11(7-8)14-5-4-13-9/h1-7H,(H,17,18). The van der Waals surface area contributed by atoms with E-state index in [4.69, 9.17) is 5.11 Å². The summed E-state index contributed by atoms with van der Waals surface area (Å²) in [7, 11) is 0. The molecule has 0 atom stereocenters. The van der Waals surface area contributed by atoms with Crippen LogP contribution >= 0.6 is 0 Å². The first-order valence-electron chi connectivity index (χ1n) is 5.24. The van der Waals surface area contributed by atoms with Gasteiger partial charge in [-0.2, -0.15) is 5.10 Å². The summed E-state index contributed by atoms with van der Waals surface area (Å²) < 4.78 is 1.50. The maximum atomic E-state index is 10.8. The number of rotatable bonds is 2. The van der Waals surface area contributed by atoms with Gasteiger partial charge in [-0.3, -0.25) is 9.97 Å². The third-order valence-corrected chi connectivity index (χ3v) is 2.53. The zero-order chi connectivity index (χ0) is 12.5. The van der Waals surface area contributed by atoms with Crippen LogP contribution in [0.1, 0.15) is 10.5 Å². The van der Waals surface area contributed by atoms with E-state index >= 15 is 0 Å². The molecule has 18 heavy (non-hydrogen) atoms. The topological polar surface area (TPSA) is 80.9 Å². The van der Waals surface area contributed by atoms with Crippen molar-refractivity contribution in [2.75, 3.05) is 0 Å². The molecular weight excluding hydrogens is 232 g/mol. The first-order chi connectivity index (χ1) is 8.74. The fraction of sp³-hybridized carbons (Fsp3) is 0. The predicted molar refractivity (Wildman–Crippen MR) is 63.6 cm³/mol. The maximum Gasteiger partial charge on any atom is 0.356 e. The van der Waals surface area contributed by atoms with Crippen LogP contribution in [0, 0.1) is 0 Å². The van der Waals surface area contributed by atoms with Crippen molar-refractivity contribution in [2.24, 2.45) is 0 Å². The second-order valence-electron chi connectivity index (χ2n) is 3.68. The predicted octanol–water partition coefficient (Wildman–Crippen LogP) is 1.51. The number of aromatic nitrogens is 4. The van der Waals surface area contributed by atoms with Crippen LogP contribution in [0.3, 0.4) is 0 Å². The largest absolute Gasteiger partial charge is 0.476 e. The van der Waals surface area contributed by atoms with E-state index in [0.717, 1.165) is 16.7 Å². The molecule has 1 N–H and O–H groups in total. The summed E-state index contributed by atoms with van der Waals surface area (Å²) >= 11 is 0. The van der Waals surface area contributed by atoms with Gasteiger partial charge < -0.3 is 5.11 Å². The summed E-state index contributed by atoms with van der Waals surface area (Å²) in [6.07, 6.45) is 4.83. The molecule has 3 aromatic rings. The van der Waals surface area contributed by atoms with E-state index in [2.05, 4.69) is 15.1 Å². The van der Waals surface area contributed by atoms with E-state index in [0.29, 0.717) is 0 Å². The minimum Gasteiger partial charge on any atom is -0.476 e. The van der Waals surface area contributed by atoms with Gasteiger partial charge in [0.1, 0.15) is 0 Å². The Bertz CT molecular complexity index is 736. The summed E-state index contributed by atoms with van der Waals surface area (Å²) in [5.74, 6) is -1.05. The average Bonchev–Trinajstić information content (AvgIpc) is 2.88. The third-order valence-electron chi connectivity index (χ3n) is 2.53. The summed E-state index contributed by atoms with van der Waals surface area (Å²) in [5.41, 5.74) is 2.28. The lowest BCUT2D eigenvalue weighted by Crippen LogP contribution is -2.01. The first kappa shape index (κ1) is 10.4. The van der Waals surface area contributed by atoms with Gasteiger partial charge in [0.05, 0.1) is 16.7 Å². The van der Waals surface area contributed by atoms with Crippen molar-refractivity contribution in [1.29, 1.82) is 0 Å². The van der Waals surface area contributed by atoms with Crippen molar-refractivity contribution < 1.29 is 9.90 Å². The highest BCUT2D eigenvalue weighted by Gasteiger charge is 2.08. The van der Waals surface area contributed by atoms with E-state index in [1.54, 1.807) is 24.7 Å². The van der Waals surface area contributed by atoms with Gasteiger partial charge in [0.25, 0.3) is 0 Å². The molecule has 6 heteroatoms. The Morgan fingerprint density at radius 3 is 2.61 bits per heavy atom. The number of fused-ring (bicyclic) bond motifs is 1. The Morgan fingerprint density at radius 2 is 1.89 bits per heavy atom. The molecule has 0 fully saturated rings. The monoisotopic (exact) mass is 240 g/mol. The van der Waals surface area contributed by atoms with Gasteiger partial charge in [-0.05, 0) is 24.3 Å². The molecule has 0 radical (unpaired) electrons. The Kier molecular flexibility index (Phi) is 2.26. The molecule has 2 heterocycles. The number of aromatic carboxylic acids is 1. The van der Waals surface area contributed by atoms with Crippen molar-refractivity contribution in [3.63, 3.8) is 0 Å². The Labute approximate surface area is 102 Å². The molecule has 0 aliphatic rings. The second-order valence-corrected chi connectivity index (χ2v) is 3.68. The maximum absolute atomic E-state index is 10.8. The van der Waals surface area contributed by atoms with Crippen LogP contribution in [-0.2, 0) is 0 Å². The van der Waals surface area contributed by atoms with E-state index in [1.165, 1.54) is 10.7 Å². The Balaban J connectivity index is 2.10. The minimum absolute atomic E-state index is 0.00856. The summed E-state index contributed by atoms with van der Waals surface area (Å²) in [6.45, 7) is 0. The van der Waals surface area contributed by atoms with Crippen LogP contribution in [0.15, 0.2) is 42.9 Å². The van der Waals surface area contributed by atoms with E-state index in [9.17, 15) is 4.79 Å². The smallest absolute Gasteiger partial charge is 0.356 e. The van der Waals surface area contributed by atoms with E-state index in [1.807, 2.05) is 12.1 Å². The molecule has 1 aromatic carbocycles. The molecule has 0 amide bonds. The fourth-order valence-corrected chi connectivity index (χ4v) is 1.68. The summed E-state index contributed by atoms with van der Waals surface area (Å²) in [6, 6.07) is 6.89. The number of benzene rings is 1. The minimum atomic E-state index is -1.05. The number of hydrogen-bond acceptors (Lipinski definition) is 4. The second kappa shape index (κ2) is 3.92. The lowest BCUT2D eigenvalue weighted by atomic mass is 10.2. The molecule has 0 bridgehead atoms. The van der Waals surface area contributed by atoms with Gasteiger partial charge in [0, 0.05) is 18.6 Å². The number of nitrogens with zero attached hydrogens (tertiary/aromatic N) is 4. The first-order valence-corrected chi connectivity index (χ1v) is 5.24. The van der Waals surface area contributed by atoms with Crippen molar-refractivity contribution in [1.82, 2.24) is 19.7 Å². The lowest BCUT2D eigenvalue weighted by Gasteiger charge is -2.02. The van der Waals surface area contributed by atoms with Crippen LogP contribution in [0.4, 0.5) is 0 Å². The van der Waals surface area contributed by atoms with Crippen LogP contribution in [-0.4, -0.2) is 30.8 Å². The zero-order valence-corrected chi connectivity index (χ0v) is 9.19. The van der Waals surface area contributed by atoms with Gasteiger partial charge in [-0.25, -0.2) is 9.48 Å². The lowest BCUT2D eigenvalue weighted by molar-refractivity contribution is 0.0690. The van der Waals surface area contributed by atoms with Crippen molar-refractivity contribution >= 4 is 17.0 Å². The van der Waals surface area contributed by atoms with Gasteiger partial charge in [-0.1, -0.05) is 0 Å². The van der Waals surface area contributed by atoms with Gasteiger partial charge in [0.2, 0.25) is 0 Å². The highest BCUT2D eigenvalue weighted by molar-refractivity contribution is 5.85. The molecule has 6 nitrogen and oxygen atoms in total. The molecule has 2 aromatic heterocycles. The van der Waals surface area contributed by atoms with Crippen molar-refractivity contribution in [2.45, 2.75) is 0 Å². The SMILES string of the molecule is O=C(O)c1ccn(-c2ccc3nccnc3c2)n1. The quantitative estimate of drug-likeness (QED) is 0.734. The van der Waals surface area contributed by atoms with E-state index in [-0.39, 0.29) is 5.69 Å². The fourth-order valence-electron chi connectivity index (χ4n) is 1.68. The molecular formula is C12H8N4O2. The molecule has 88 valence electrons. The Morgan fingerprint density at radius 1 is 1.11 bits per heavy atom. The Hall–Kier alpha value is -2.76. The van der Waals surface area contributed by atoms with Crippen molar-refractivity contribution in [3.8, 4) is 5.69 Å². The number of hydrogen-bond donors (Lipinski definition) is 1. The molecule has 0 aliphatic carbocycles. The molecule has 0 saturated heterocycles. The van der Waals surface area contributed by atoms with Gasteiger partial charge in [0.15, 0.2) is 5.69 Å². The highest BCUT2D eigenvalue weighted by atomic mass is 16.4. The van der Waals surface area contributed by atoms with Gasteiger partial charge in [-0.15, -0.1) is 0 Å². The number of carboxylic acids is 1. The molecule has 0 spiro atoms. The molecule has 3 rings (SSSR count). The zero-order valence-electron chi connectivity index (χ0n) is 9.19. The third kappa shape index (κ3) is 1.69. The normalized spacial score (nSPS) is 10.7. The molecule has 0 unspecified atom stereocenters. The van der Waals surface area contributed by atoms with Crippen LogP contribution < -0.4 is 0 Å². The van der Waals surface area contributed by atoms with Crippen molar-refractivity contribution in [3.05, 3.63) is 48.5 Å². The van der Waals surface area contributed by atoms with Crippen LogP contribution in [0.2, 0.25) is 0 Å². The van der Waals surface area contributed by atoms with Gasteiger partial charge >= 0.3 is 5.97 Å². The molecule has 0 aliphatic heterocycles. The van der Waals surface area contributed by atoms with E-state index < -0.39 is 5.97 Å². The van der Waals surface area contributed by atoms with Crippen LogP contribution in [0.25, 0.3) is 16.7 Å². The highest BCUT2D eigenvalue weighted by Crippen LogP contribution is 2.14.